The summed E-state index contributed by atoms with van der Waals surface area (Å²) < 4.78 is 13.2. The summed E-state index contributed by atoms with van der Waals surface area (Å²) in [5.41, 5.74) is 4.59. The fraction of sp³-hybridized carbons (Fsp3) is 0.200. The number of para-hydroxylation sites is 2. The summed E-state index contributed by atoms with van der Waals surface area (Å²) in [6.45, 7) is 4.44. The van der Waals surface area contributed by atoms with Crippen LogP contribution in [-0.4, -0.2) is 22.6 Å². The molecule has 0 fully saturated rings. The Bertz CT molecular complexity index is 1230. The third-order valence-corrected chi connectivity index (χ3v) is 5.09. The Morgan fingerprint density at radius 2 is 1.87 bits per heavy atom. The van der Waals surface area contributed by atoms with Crippen LogP contribution in [0.5, 0.6) is 11.5 Å². The zero-order valence-corrected chi connectivity index (χ0v) is 17.9. The number of hydrogen-bond acceptors (Lipinski definition) is 4. The number of imidazole rings is 1. The molecule has 0 spiro atoms. The molecular formula is C25H25N3O3. The van der Waals surface area contributed by atoms with E-state index >= 15 is 0 Å². The summed E-state index contributed by atoms with van der Waals surface area (Å²) >= 11 is 0. The van der Waals surface area contributed by atoms with Crippen molar-refractivity contribution in [3.8, 4) is 11.5 Å². The van der Waals surface area contributed by atoms with Gasteiger partial charge in [0.25, 0.3) is 0 Å². The quantitative estimate of drug-likeness (QED) is 0.467. The number of aryl methyl sites for hydroxylation is 2. The topological polar surface area (TPSA) is 65.4 Å². The minimum Gasteiger partial charge on any atom is -0.497 e. The molecule has 0 atom stereocenters. The molecule has 0 aliphatic rings. The Hall–Kier alpha value is -3.80. The van der Waals surface area contributed by atoms with E-state index in [1.807, 2.05) is 73.0 Å². The molecular weight excluding hydrogens is 390 g/mol. The van der Waals surface area contributed by atoms with Gasteiger partial charge >= 0.3 is 0 Å². The zero-order valence-electron chi connectivity index (χ0n) is 17.9. The Labute approximate surface area is 181 Å². The fourth-order valence-corrected chi connectivity index (χ4v) is 3.46. The van der Waals surface area contributed by atoms with Crippen LogP contribution in [0.2, 0.25) is 0 Å². The average molecular weight is 415 g/mol. The van der Waals surface area contributed by atoms with Gasteiger partial charge in [-0.3, -0.25) is 4.79 Å². The van der Waals surface area contributed by atoms with Gasteiger partial charge in [0.15, 0.2) is 0 Å². The molecule has 0 aliphatic carbocycles. The summed E-state index contributed by atoms with van der Waals surface area (Å²) in [6, 6.07) is 21.2. The molecule has 31 heavy (non-hydrogen) atoms. The van der Waals surface area contributed by atoms with E-state index in [0.717, 1.165) is 27.9 Å². The summed E-state index contributed by atoms with van der Waals surface area (Å²) in [6.07, 6.45) is 0. The molecule has 0 radical (unpaired) electrons. The number of nitrogens with one attached hydrogen (secondary N) is 1. The minimum atomic E-state index is -0.149. The van der Waals surface area contributed by atoms with Crippen LogP contribution in [0.4, 0.5) is 5.69 Å². The van der Waals surface area contributed by atoms with E-state index in [1.54, 1.807) is 13.2 Å². The van der Waals surface area contributed by atoms with Crippen LogP contribution in [0.1, 0.15) is 17.0 Å². The number of ether oxygens (including phenoxy) is 2. The lowest BCUT2D eigenvalue weighted by Gasteiger charge is -2.13. The van der Waals surface area contributed by atoms with Crippen molar-refractivity contribution in [2.75, 3.05) is 12.4 Å². The fourth-order valence-electron chi connectivity index (χ4n) is 3.46. The lowest BCUT2D eigenvalue weighted by molar-refractivity contribution is -0.116. The van der Waals surface area contributed by atoms with Crippen molar-refractivity contribution in [1.82, 2.24) is 9.55 Å². The van der Waals surface area contributed by atoms with Crippen molar-refractivity contribution in [3.05, 3.63) is 83.7 Å². The summed E-state index contributed by atoms with van der Waals surface area (Å²) in [5, 5.41) is 2.93. The van der Waals surface area contributed by atoms with Gasteiger partial charge in [-0.1, -0.05) is 30.3 Å². The highest BCUT2D eigenvalue weighted by molar-refractivity contribution is 5.92. The molecule has 6 heteroatoms. The Balaban J connectivity index is 1.57. The van der Waals surface area contributed by atoms with E-state index < -0.39 is 0 Å². The highest BCUT2D eigenvalue weighted by atomic mass is 16.5. The summed E-state index contributed by atoms with van der Waals surface area (Å²) in [5.74, 6) is 2.06. The van der Waals surface area contributed by atoms with Crippen LogP contribution in [0.25, 0.3) is 11.0 Å². The monoisotopic (exact) mass is 415 g/mol. The lowest BCUT2D eigenvalue weighted by Crippen LogP contribution is -2.20. The Kier molecular flexibility index (Phi) is 5.89. The van der Waals surface area contributed by atoms with Crippen LogP contribution in [0.15, 0.2) is 66.7 Å². The number of benzene rings is 3. The maximum atomic E-state index is 12.8. The molecule has 1 N–H and O–H groups in total. The molecule has 1 aromatic heterocycles. The van der Waals surface area contributed by atoms with E-state index in [0.29, 0.717) is 17.3 Å². The summed E-state index contributed by atoms with van der Waals surface area (Å²) in [7, 11) is 1.60. The molecule has 0 unspecified atom stereocenters. The number of carbonyl (C=O) groups excluding carboxylic acids is 1. The van der Waals surface area contributed by atoms with E-state index in [1.165, 1.54) is 0 Å². The van der Waals surface area contributed by atoms with Gasteiger partial charge in [-0.15, -0.1) is 0 Å². The van der Waals surface area contributed by atoms with E-state index in [9.17, 15) is 4.79 Å². The molecule has 1 heterocycles. The molecule has 4 aromatic rings. The number of rotatable bonds is 7. The number of methoxy groups -OCH3 is 1. The largest absolute Gasteiger partial charge is 0.497 e. The molecule has 0 saturated heterocycles. The smallest absolute Gasteiger partial charge is 0.244 e. The normalized spacial score (nSPS) is 10.8. The van der Waals surface area contributed by atoms with Crippen molar-refractivity contribution < 1.29 is 14.3 Å². The number of amides is 1. The van der Waals surface area contributed by atoms with Crippen molar-refractivity contribution in [3.63, 3.8) is 0 Å². The second kappa shape index (κ2) is 8.92. The van der Waals surface area contributed by atoms with Gasteiger partial charge in [0, 0.05) is 11.8 Å². The lowest BCUT2D eigenvalue weighted by atomic mass is 10.1. The highest BCUT2D eigenvalue weighted by Crippen LogP contribution is 2.23. The number of carbonyl (C=O) groups is 1. The van der Waals surface area contributed by atoms with Crippen molar-refractivity contribution in [2.24, 2.45) is 0 Å². The Morgan fingerprint density at radius 1 is 1.03 bits per heavy atom. The van der Waals surface area contributed by atoms with Crippen molar-refractivity contribution in [1.29, 1.82) is 0 Å². The predicted molar refractivity (Wildman–Crippen MR) is 122 cm³/mol. The number of fused-ring (bicyclic) bond motifs is 1. The second-order valence-electron chi connectivity index (χ2n) is 7.44. The average Bonchev–Trinajstić information content (AvgIpc) is 3.11. The maximum Gasteiger partial charge on any atom is 0.244 e. The Morgan fingerprint density at radius 3 is 2.71 bits per heavy atom. The first-order chi connectivity index (χ1) is 15.0. The third kappa shape index (κ3) is 4.69. The second-order valence-corrected chi connectivity index (χ2v) is 7.44. The first-order valence-electron chi connectivity index (χ1n) is 10.1. The summed E-state index contributed by atoms with van der Waals surface area (Å²) in [4.78, 5) is 17.5. The van der Waals surface area contributed by atoms with Crippen molar-refractivity contribution in [2.45, 2.75) is 27.0 Å². The van der Waals surface area contributed by atoms with Crippen LogP contribution in [-0.2, 0) is 17.9 Å². The maximum absolute atomic E-state index is 12.8. The van der Waals surface area contributed by atoms with E-state index in [-0.39, 0.29) is 19.1 Å². The number of nitrogens with zero attached hydrogens (tertiary/aromatic N) is 2. The standard InChI is InChI=1S/C25H25N3O3/c1-17-11-12-18(2)23(13-17)31-16-24-27-21-9-4-5-10-22(21)28(24)15-25(29)26-19-7-6-8-20(14-19)30-3/h4-14H,15-16H2,1-3H3,(H,26,29). The molecule has 0 bridgehead atoms. The molecule has 0 aliphatic heterocycles. The molecule has 4 rings (SSSR count). The minimum absolute atomic E-state index is 0.128. The van der Waals surface area contributed by atoms with Gasteiger partial charge in [-0.2, -0.15) is 0 Å². The molecule has 1 amide bonds. The van der Waals surface area contributed by atoms with Gasteiger partial charge < -0.3 is 19.4 Å². The van der Waals surface area contributed by atoms with Gasteiger partial charge in [-0.05, 0) is 55.3 Å². The third-order valence-electron chi connectivity index (χ3n) is 5.09. The highest BCUT2D eigenvalue weighted by Gasteiger charge is 2.15. The van der Waals surface area contributed by atoms with Crippen LogP contribution < -0.4 is 14.8 Å². The number of anilines is 1. The van der Waals surface area contributed by atoms with Gasteiger partial charge in [0.05, 0.1) is 18.1 Å². The van der Waals surface area contributed by atoms with Crippen LogP contribution in [0, 0.1) is 13.8 Å². The van der Waals surface area contributed by atoms with E-state index in [4.69, 9.17) is 14.5 Å². The molecule has 0 saturated carbocycles. The van der Waals surface area contributed by atoms with Crippen LogP contribution >= 0.6 is 0 Å². The van der Waals surface area contributed by atoms with Gasteiger partial charge in [-0.25, -0.2) is 4.98 Å². The number of hydrogen-bond donors (Lipinski definition) is 1. The molecule has 6 nitrogen and oxygen atoms in total. The van der Waals surface area contributed by atoms with Crippen LogP contribution in [0.3, 0.4) is 0 Å². The zero-order chi connectivity index (χ0) is 21.8. The van der Waals surface area contributed by atoms with Crippen molar-refractivity contribution >= 4 is 22.6 Å². The SMILES string of the molecule is COc1cccc(NC(=O)Cn2c(COc3cc(C)ccc3C)nc3ccccc32)c1. The first-order valence-corrected chi connectivity index (χ1v) is 10.1. The molecule has 3 aromatic carbocycles. The first kappa shape index (κ1) is 20.5. The van der Waals surface area contributed by atoms with Gasteiger partial charge in [0.2, 0.25) is 5.91 Å². The predicted octanol–water partition coefficient (Wildman–Crippen LogP) is 4.88. The molecule has 158 valence electrons. The van der Waals surface area contributed by atoms with E-state index in [2.05, 4.69) is 11.4 Å². The van der Waals surface area contributed by atoms with Gasteiger partial charge in [0.1, 0.15) is 30.5 Å². The number of aromatic nitrogens is 2.